The molecular formula is C9H15BrClN. The first-order valence-electron chi connectivity index (χ1n) is 3.98. The van der Waals surface area contributed by atoms with Crippen LogP contribution in [-0.2, 0) is 0 Å². The standard InChI is InChI=1S/C9H15BrClN/c1-8(10)5-3-4-6-12-7-9(2)11/h4,6,9,12H,1,3,5,7H2,2H3/b6-4-. The maximum absolute atomic E-state index is 5.72. The summed E-state index contributed by atoms with van der Waals surface area (Å²) in [6.07, 6.45) is 6.00. The summed E-state index contributed by atoms with van der Waals surface area (Å²) in [6, 6.07) is 0. The van der Waals surface area contributed by atoms with Crippen molar-refractivity contribution in [2.75, 3.05) is 6.54 Å². The van der Waals surface area contributed by atoms with Gasteiger partial charge in [0, 0.05) is 11.9 Å². The van der Waals surface area contributed by atoms with Crippen molar-refractivity contribution in [1.29, 1.82) is 0 Å². The van der Waals surface area contributed by atoms with Crippen LogP contribution in [0.1, 0.15) is 19.8 Å². The van der Waals surface area contributed by atoms with Gasteiger partial charge in [-0.2, -0.15) is 0 Å². The number of hydrogen-bond donors (Lipinski definition) is 1. The molecule has 0 aromatic heterocycles. The molecule has 1 nitrogen and oxygen atoms in total. The van der Waals surface area contributed by atoms with Gasteiger partial charge in [0.05, 0.1) is 0 Å². The molecule has 0 heterocycles. The van der Waals surface area contributed by atoms with Crippen LogP contribution in [0.4, 0.5) is 0 Å². The Morgan fingerprint density at radius 3 is 2.92 bits per heavy atom. The number of rotatable bonds is 6. The SMILES string of the molecule is C=C(Br)CC/C=C\NCC(C)Cl. The van der Waals surface area contributed by atoms with E-state index in [1.165, 1.54) is 0 Å². The van der Waals surface area contributed by atoms with Gasteiger partial charge in [-0.3, -0.25) is 0 Å². The largest absolute Gasteiger partial charge is 0.390 e. The van der Waals surface area contributed by atoms with E-state index in [1.54, 1.807) is 0 Å². The van der Waals surface area contributed by atoms with Crippen LogP contribution >= 0.6 is 27.5 Å². The van der Waals surface area contributed by atoms with Gasteiger partial charge in [0.25, 0.3) is 0 Å². The number of halogens is 2. The van der Waals surface area contributed by atoms with Crippen LogP contribution < -0.4 is 5.32 Å². The minimum Gasteiger partial charge on any atom is -0.390 e. The van der Waals surface area contributed by atoms with Gasteiger partial charge in [-0.25, -0.2) is 0 Å². The van der Waals surface area contributed by atoms with Gasteiger partial charge < -0.3 is 5.32 Å². The van der Waals surface area contributed by atoms with E-state index in [9.17, 15) is 0 Å². The second-order valence-corrected chi connectivity index (χ2v) is 4.51. The highest BCUT2D eigenvalue weighted by molar-refractivity contribution is 9.11. The Kier molecular flexibility index (Phi) is 7.72. The van der Waals surface area contributed by atoms with Crippen molar-refractivity contribution in [2.24, 2.45) is 0 Å². The minimum absolute atomic E-state index is 0.181. The zero-order valence-corrected chi connectivity index (χ0v) is 9.66. The number of alkyl halides is 1. The third-order valence-corrected chi connectivity index (χ3v) is 1.77. The fourth-order valence-corrected chi connectivity index (χ4v) is 0.955. The third kappa shape index (κ3) is 10.0. The van der Waals surface area contributed by atoms with Crippen molar-refractivity contribution in [2.45, 2.75) is 25.1 Å². The third-order valence-electron chi connectivity index (χ3n) is 1.22. The van der Waals surface area contributed by atoms with E-state index in [0.29, 0.717) is 0 Å². The first kappa shape index (κ1) is 12.0. The molecule has 0 spiro atoms. The van der Waals surface area contributed by atoms with Gasteiger partial charge >= 0.3 is 0 Å². The Morgan fingerprint density at radius 1 is 1.75 bits per heavy atom. The van der Waals surface area contributed by atoms with E-state index >= 15 is 0 Å². The predicted octanol–water partition coefficient (Wildman–Crippen LogP) is 3.41. The molecule has 0 fully saturated rings. The highest BCUT2D eigenvalue weighted by atomic mass is 79.9. The summed E-state index contributed by atoms with van der Waals surface area (Å²) in [7, 11) is 0. The summed E-state index contributed by atoms with van der Waals surface area (Å²) in [5.41, 5.74) is 0. The van der Waals surface area contributed by atoms with Crippen LogP contribution in [0, 0.1) is 0 Å². The van der Waals surface area contributed by atoms with Gasteiger partial charge in [-0.1, -0.05) is 28.6 Å². The molecule has 0 aliphatic carbocycles. The van der Waals surface area contributed by atoms with Gasteiger partial charge in [0.2, 0.25) is 0 Å². The molecule has 0 aliphatic rings. The van der Waals surface area contributed by atoms with Crippen molar-refractivity contribution in [3.8, 4) is 0 Å². The molecule has 1 unspecified atom stereocenters. The quantitative estimate of drug-likeness (QED) is 0.715. The molecule has 0 saturated heterocycles. The van der Waals surface area contributed by atoms with Crippen LogP contribution in [0.2, 0.25) is 0 Å². The Balaban J connectivity index is 3.20. The van der Waals surface area contributed by atoms with Crippen molar-refractivity contribution >= 4 is 27.5 Å². The van der Waals surface area contributed by atoms with Crippen LogP contribution in [0.25, 0.3) is 0 Å². The molecule has 1 atom stereocenters. The lowest BCUT2D eigenvalue weighted by Gasteiger charge is -2.00. The second kappa shape index (κ2) is 7.69. The molecule has 0 bridgehead atoms. The molecule has 0 rings (SSSR count). The molecule has 0 saturated carbocycles. The van der Waals surface area contributed by atoms with Gasteiger partial charge in [0.1, 0.15) is 0 Å². The maximum atomic E-state index is 5.72. The summed E-state index contributed by atoms with van der Waals surface area (Å²) in [4.78, 5) is 0. The highest BCUT2D eigenvalue weighted by Gasteiger charge is 1.90. The van der Waals surface area contributed by atoms with E-state index in [-0.39, 0.29) is 5.38 Å². The van der Waals surface area contributed by atoms with Crippen LogP contribution in [-0.4, -0.2) is 11.9 Å². The fraction of sp³-hybridized carbons (Fsp3) is 0.556. The Morgan fingerprint density at radius 2 is 2.42 bits per heavy atom. The fourth-order valence-electron chi connectivity index (χ4n) is 0.637. The molecule has 0 aromatic carbocycles. The summed E-state index contributed by atoms with van der Waals surface area (Å²) in [6.45, 7) is 6.52. The topological polar surface area (TPSA) is 12.0 Å². The molecule has 12 heavy (non-hydrogen) atoms. The Hall–Kier alpha value is 0.0500. The molecule has 3 heteroatoms. The molecular weight excluding hydrogens is 237 g/mol. The zero-order valence-electron chi connectivity index (χ0n) is 7.32. The Bertz CT molecular complexity index is 155. The lowest BCUT2D eigenvalue weighted by molar-refractivity contribution is 0.811. The summed E-state index contributed by atoms with van der Waals surface area (Å²) in [5.74, 6) is 0. The predicted molar refractivity (Wildman–Crippen MR) is 59.8 cm³/mol. The van der Waals surface area contributed by atoms with Crippen molar-refractivity contribution in [3.63, 3.8) is 0 Å². The number of allylic oxidation sites excluding steroid dienone is 2. The van der Waals surface area contributed by atoms with Crippen LogP contribution in [0.5, 0.6) is 0 Å². The highest BCUT2D eigenvalue weighted by Crippen LogP contribution is 2.08. The first-order valence-corrected chi connectivity index (χ1v) is 5.21. The second-order valence-electron chi connectivity index (χ2n) is 2.65. The smallest absolute Gasteiger partial charge is 0.0480 e. The molecule has 0 radical (unpaired) electrons. The summed E-state index contributed by atoms with van der Waals surface area (Å²) < 4.78 is 1.04. The Labute approximate surface area is 88.0 Å². The van der Waals surface area contributed by atoms with Crippen LogP contribution in [0.15, 0.2) is 23.3 Å². The van der Waals surface area contributed by atoms with Crippen molar-refractivity contribution in [3.05, 3.63) is 23.3 Å². The normalized spacial score (nSPS) is 13.2. The van der Waals surface area contributed by atoms with E-state index in [1.807, 2.05) is 13.1 Å². The van der Waals surface area contributed by atoms with E-state index in [0.717, 1.165) is 23.9 Å². The monoisotopic (exact) mass is 251 g/mol. The summed E-state index contributed by atoms with van der Waals surface area (Å²) in [5, 5.41) is 3.28. The van der Waals surface area contributed by atoms with E-state index in [2.05, 4.69) is 33.9 Å². The molecule has 0 amide bonds. The maximum Gasteiger partial charge on any atom is 0.0480 e. The molecule has 70 valence electrons. The van der Waals surface area contributed by atoms with Crippen molar-refractivity contribution < 1.29 is 0 Å². The summed E-state index contributed by atoms with van der Waals surface area (Å²) >= 11 is 9.02. The minimum atomic E-state index is 0.181. The molecule has 0 aromatic rings. The van der Waals surface area contributed by atoms with E-state index < -0.39 is 0 Å². The van der Waals surface area contributed by atoms with Crippen molar-refractivity contribution in [1.82, 2.24) is 5.32 Å². The average molecular weight is 253 g/mol. The number of hydrogen-bond acceptors (Lipinski definition) is 1. The van der Waals surface area contributed by atoms with Gasteiger partial charge in [-0.15, -0.1) is 11.6 Å². The lowest BCUT2D eigenvalue weighted by Crippen LogP contribution is -2.14. The zero-order chi connectivity index (χ0) is 9.40. The van der Waals surface area contributed by atoms with Gasteiger partial charge in [0.15, 0.2) is 0 Å². The number of nitrogens with one attached hydrogen (secondary N) is 1. The molecule has 0 aliphatic heterocycles. The molecule has 1 N–H and O–H groups in total. The first-order chi connectivity index (χ1) is 5.63. The van der Waals surface area contributed by atoms with Gasteiger partial charge in [-0.05, 0) is 30.4 Å². The van der Waals surface area contributed by atoms with E-state index in [4.69, 9.17) is 11.6 Å². The lowest BCUT2D eigenvalue weighted by atomic mass is 10.3. The average Bonchev–Trinajstić information content (AvgIpc) is 1.95. The van der Waals surface area contributed by atoms with Crippen LogP contribution in [0.3, 0.4) is 0 Å².